The highest BCUT2D eigenvalue weighted by Crippen LogP contribution is 2.35. The zero-order valence-electron chi connectivity index (χ0n) is 18.6. The SMILES string of the molecule is Cc1ccc(NC(=O)c2ccc(NC3c4ccccc4C(=O)N3CC3CCCO3)cc2)cc1. The lowest BCUT2D eigenvalue weighted by Crippen LogP contribution is -2.38. The highest BCUT2D eigenvalue weighted by molar-refractivity contribution is 6.04. The number of ether oxygens (including phenoxy) is 1. The predicted molar refractivity (Wildman–Crippen MR) is 128 cm³/mol. The van der Waals surface area contributed by atoms with Crippen molar-refractivity contribution in [2.75, 3.05) is 23.8 Å². The van der Waals surface area contributed by atoms with Gasteiger partial charge < -0.3 is 20.3 Å². The van der Waals surface area contributed by atoms with Crippen LogP contribution in [0, 0.1) is 6.92 Å². The number of amides is 2. The number of rotatable bonds is 6. The van der Waals surface area contributed by atoms with E-state index in [1.807, 2.05) is 72.5 Å². The van der Waals surface area contributed by atoms with Gasteiger partial charge in [-0.1, -0.05) is 35.9 Å². The number of nitrogens with zero attached hydrogens (tertiary/aromatic N) is 1. The molecule has 2 aliphatic heterocycles. The lowest BCUT2D eigenvalue weighted by Gasteiger charge is -2.29. The van der Waals surface area contributed by atoms with Gasteiger partial charge in [-0.15, -0.1) is 0 Å². The van der Waals surface area contributed by atoms with E-state index in [1.54, 1.807) is 12.1 Å². The van der Waals surface area contributed by atoms with Gasteiger partial charge in [0.15, 0.2) is 0 Å². The Bertz CT molecular complexity index is 1150. The van der Waals surface area contributed by atoms with E-state index in [4.69, 9.17) is 4.74 Å². The number of carbonyl (C=O) groups excluding carboxylic acids is 2. The summed E-state index contributed by atoms with van der Waals surface area (Å²) in [5, 5.41) is 6.41. The van der Waals surface area contributed by atoms with Crippen LogP contribution in [0.25, 0.3) is 0 Å². The summed E-state index contributed by atoms with van der Waals surface area (Å²) in [7, 11) is 0. The fourth-order valence-corrected chi connectivity index (χ4v) is 4.44. The average molecular weight is 442 g/mol. The van der Waals surface area contributed by atoms with E-state index in [0.29, 0.717) is 12.1 Å². The van der Waals surface area contributed by atoms with Crippen molar-refractivity contribution in [3.8, 4) is 0 Å². The number of nitrogens with one attached hydrogen (secondary N) is 2. The van der Waals surface area contributed by atoms with Gasteiger partial charge in [-0.3, -0.25) is 9.59 Å². The first-order valence-electron chi connectivity index (χ1n) is 11.3. The highest BCUT2D eigenvalue weighted by Gasteiger charge is 2.38. The van der Waals surface area contributed by atoms with Crippen molar-refractivity contribution in [3.63, 3.8) is 0 Å². The molecule has 0 radical (unpaired) electrons. The number of hydrogen-bond acceptors (Lipinski definition) is 4. The monoisotopic (exact) mass is 441 g/mol. The predicted octanol–water partition coefficient (Wildman–Crippen LogP) is 4.99. The molecule has 0 bridgehead atoms. The van der Waals surface area contributed by atoms with Gasteiger partial charge in [0.05, 0.1) is 6.10 Å². The van der Waals surface area contributed by atoms with Gasteiger partial charge in [0, 0.05) is 41.2 Å². The smallest absolute Gasteiger partial charge is 0.256 e. The minimum atomic E-state index is -0.273. The molecule has 6 heteroatoms. The van der Waals surface area contributed by atoms with E-state index < -0.39 is 0 Å². The van der Waals surface area contributed by atoms with Crippen LogP contribution in [0.2, 0.25) is 0 Å². The Hall–Kier alpha value is -3.64. The zero-order valence-corrected chi connectivity index (χ0v) is 18.6. The molecule has 168 valence electrons. The first kappa shape index (κ1) is 21.2. The van der Waals surface area contributed by atoms with E-state index in [2.05, 4.69) is 10.6 Å². The van der Waals surface area contributed by atoms with Crippen molar-refractivity contribution >= 4 is 23.2 Å². The Labute approximate surface area is 193 Å². The minimum Gasteiger partial charge on any atom is -0.376 e. The Morgan fingerprint density at radius 2 is 1.73 bits per heavy atom. The largest absolute Gasteiger partial charge is 0.376 e. The average Bonchev–Trinajstić information content (AvgIpc) is 3.44. The van der Waals surface area contributed by atoms with Crippen molar-refractivity contribution in [2.24, 2.45) is 0 Å². The maximum Gasteiger partial charge on any atom is 0.256 e. The molecule has 1 saturated heterocycles. The summed E-state index contributed by atoms with van der Waals surface area (Å²) in [6.07, 6.45) is 1.80. The summed E-state index contributed by atoms with van der Waals surface area (Å²) in [4.78, 5) is 27.6. The molecule has 2 unspecified atom stereocenters. The second kappa shape index (κ2) is 9.08. The van der Waals surface area contributed by atoms with E-state index in [1.165, 1.54) is 0 Å². The second-order valence-corrected chi connectivity index (χ2v) is 8.62. The van der Waals surface area contributed by atoms with Gasteiger partial charge in [-0.05, 0) is 62.2 Å². The molecule has 5 rings (SSSR count). The van der Waals surface area contributed by atoms with E-state index >= 15 is 0 Å². The lowest BCUT2D eigenvalue weighted by atomic mass is 10.1. The van der Waals surface area contributed by atoms with Crippen LogP contribution < -0.4 is 10.6 Å². The third-order valence-electron chi connectivity index (χ3n) is 6.24. The van der Waals surface area contributed by atoms with Crippen LogP contribution in [0.15, 0.2) is 72.8 Å². The lowest BCUT2D eigenvalue weighted by molar-refractivity contribution is 0.0489. The maximum atomic E-state index is 13.1. The highest BCUT2D eigenvalue weighted by atomic mass is 16.5. The maximum absolute atomic E-state index is 13.1. The normalized spacial score (nSPS) is 19.4. The molecule has 33 heavy (non-hydrogen) atoms. The third kappa shape index (κ3) is 4.47. The van der Waals surface area contributed by atoms with E-state index in [0.717, 1.165) is 47.5 Å². The van der Waals surface area contributed by atoms with Crippen molar-refractivity contribution in [1.29, 1.82) is 0 Å². The fourth-order valence-electron chi connectivity index (χ4n) is 4.44. The standard InChI is InChI=1S/C27H27N3O3/c1-18-8-12-21(13-9-18)29-26(31)19-10-14-20(15-11-19)28-25-23-6-2-3-7-24(23)27(32)30(25)17-22-5-4-16-33-22/h2-3,6-15,22,25,28H,4-5,16-17H2,1H3,(H,29,31). The Balaban J connectivity index is 1.32. The molecule has 1 fully saturated rings. The van der Waals surface area contributed by atoms with Crippen LogP contribution in [0.5, 0.6) is 0 Å². The minimum absolute atomic E-state index is 0.0210. The van der Waals surface area contributed by atoms with Gasteiger partial charge in [-0.2, -0.15) is 0 Å². The van der Waals surface area contributed by atoms with Crippen LogP contribution in [0.4, 0.5) is 11.4 Å². The van der Waals surface area contributed by atoms with Crippen molar-refractivity contribution in [3.05, 3.63) is 95.1 Å². The quantitative estimate of drug-likeness (QED) is 0.565. The topological polar surface area (TPSA) is 70.7 Å². The molecule has 2 amide bonds. The van der Waals surface area contributed by atoms with Gasteiger partial charge in [0.25, 0.3) is 11.8 Å². The summed E-state index contributed by atoms with van der Waals surface area (Å²) in [6.45, 7) is 3.32. The molecule has 2 aliphatic rings. The van der Waals surface area contributed by atoms with Crippen LogP contribution in [0.3, 0.4) is 0 Å². The Kier molecular flexibility index (Phi) is 5.84. The summed E-state index contributed by atoms with van der Waals surface area (Å²) in [5.41, 5.74) is 5.00. The van der Waals surface area contributed by atoms with Gasteiger partial charge in [0.2, 0.25) is 0 Å². The first-order chi connectivity index (χ1) is 16.1. The van der Waals surface area contributed by atoms with Gasteiger partial charge >= 0.3 is 0 Å². The number of carbonyl (C=O) groups is 2. The van der Waals surface area contributed by atoms with E-state index in [-0.39, 0.29) is 24.1 Å². The van der Waals surface area contributed by atoms with Crippen LogP contribution in [-0.4, -0.2) is 36.0 Å². The summed E-state index contributed by atoms with van der Waals surface area (Å²) in [6, 6.07) is 22.7. The molecule has 3 aromatic carbocycles. The molecule has 3 aromatic rings. The van der Waals surface area contributed by atoms with Crippen molar-refractivity contribution in [1.82, 2.24) is 4.90 Å². The molecule has 6 nitrogen and oxygen atoms in total. The van der Waals surface area contributed by atoms with Crippen molar-refractivity contribution in [2.45, 2.75) is 32.0 Å². The molecule has 0 aliphatic carbocycles. The fraction of sp³-hybridized carbons (Fsp3) is 0.259. The third-order valence-corrected chi connectivity index (χ3v) is 6.24. The summed E-state index contributed by atoms with van der Waals surface area (Å²) >= 11 is 0. The molecule has 2 atom stereocenters. The molecule has 2 N–H and O–H groups in total. The summed E-state index contributed by atoms with van der Waals surface area (Å²) in [5.74, 6) is -0.139. The van der Waals surface area contributed by atoms with Crippen LogP contribution >= 0.6 is 0 Å². The Morgan fingerprint density at radius 3 is 2.45 bits per heavy atom. The molecular formula is C27H27N3O3. The van der Waals surface area contributed by atoms with Crippen molar-refractivity contribution < 1.29 is 14.3 Å². The molecule has 2 heterocycles. The van der Waals surface area contributed by atoms with E-state index in [9.17, 15) is 9.59 Å². The van der Waals surface area contributed by atoms with Crippen LogP contribution in [0.1, 0.15) is 50.9 Å². The number of fused-ring (bicyclic) bond motifs is 1. The number of aryl methyl sites for hydroxylation is 1. The number of benzene rings is 3. The number of anilines is 2. The Morgan fingerprint density at radius 1 is 1.00 bits per heavy atom. The molecule has 0 aromatic heterocycles. The van der Waals surface area contributed by atoms with Crippen LogP contribution in [-0.2, 0) is 4.74 Å². The van der Waals surface area contributed by atoms with Gasteiger partial charge in [-0.25, -0.2) is 0 Å². The molecule has 0 spiro atoms. The first-order valence-corrected chi connectivity index (χ1v) is 11.3. The summed E-state index contributed by atoms with van der Waals surface area (Å²) < 4.78 is 5.79. The zero-order chi connectivity index (χ0) is 22.8. The molecule has 0 saturated carbocycles. The number of hydrogen-bond donors (Lipinski definition) is 2. The van der Waals surface area contributed by atoms with Gasteiger partial charge in [0.1, 0.15) is 6.17 Å². The molecular weight excluding hydrogens is 414 g/mol. The second-order valence-electron chi connectivity index (χ2n) is 8.62.